The molecule has 15 heavy (non-hydrogen) atoms. The summed E-state index contributed by atoms with van der Waals surface area (Å²) in [5.74, 6) is -0.370. The van der Waals surface area contributed by atoms with Crippen LogP contribution in [0.3, 0.4) is 0 Å². The highest BCUT2D eigenvalue weighted by molar-refractivity contribution is 5.80. The van der Waals surface area contributed by atoms with Crippen molar-refractivity contribution in [1.82, 2.24) is 4.90 Å². The molecule has 0 saturated carbocycles. The molecule has 5 heteroatoms. The molecule has 0 aliphatic carbocycles. The maximum Gasteiger partial charge on any atom is 0.302 e. The second-order valence-corrected chi connectivity index (χ2v) is 4.20. The van der Waals surface area contributed by atoms with E-state index in [0.29, 0.717) is 19.4 Å². The van der Waals surface area contributed by atoms with Crippen molar-refractivity contribution in [3.63, 3.8) is 0 Å². The lowest BCUT2D eigenvalue weighted by Gasteiger charge is -2.34. The number of rotatable bonds is 1. The van der Waals surface area contributed by atoms with Crippen LogP contribution >= 0.6 is 0 Å². The minimum atomic E-state index is -0.429. The molecule has 84 valence electrons. The van der Waals surface area contributed by atoms with E-state index in [2.05, 4.69) is 0 Å². The number of hydrogen-bond acceptors (Lipinski definition) is 4. The average molecular weight is 213 g/mol. The zero-order valence-electron chi connectivity index (χ0n) is 8.68. The number of aliphatic hydroxyl groups excluding tert-OH is 1. The molecular weight excluding hydrogens is 198 g/mol. The summed E-state index contributed by atoms with van der Waals surface area (Å²) in [6, 6.07) is -0.0233. The lowest BCUT2D eigenvalue weighted by atomic mass is 9.99. The van der Waals surface area contributed by atoms with E-state index < -0.39 is 6.10 Å². The van der Waals surface area contributed by atoms with Crippen molar-refractivity contribution in [3.8, 4) is 0 Å². The van der Waals surface area contributed by atoms with Crippen LogP contribution in [-0.4, -0.2) is 46.7 Å². The van der Waals surface area contributed by atoms with E-state index in [1.54, 1.807) is 4.90 Å². The van der Waals surface area contributed by atoms with E-state index in [9.17, 15) is 14.7 Å². The fourth-order valence-electron chi connectivity index (χ4n) is 2.40. The predicted octanol–water partition coefficient (Wildman–Crippen LogP) is -0.326. The van der Waals surface area contributed by atoms with Crippen LogP contribution < -0.4 is 0 Å². The minimum absolute atomic E-state index is 0.0231. The molecule has 0 radical (unpaired) electrons. The van der Waals surface area contributed by atoms with E-state index in [4.69, 9.17) is 4.74 Å². The third-order valence-electron chi connectivity index (χ3n) is 3.05. The predicted molar refractivity (Wildman–Crippen MR) is 50.9 cm³/mol. The second-order valence-electron chi connectivity index (χ2n) is 4.20. The second kappa shape index (κ2) is 3.81. The first-order chi connectivity index (χ1) is 7.08. The molecule has 2 rings (SSSR count). The quantitative estimate of drug-likeness (QED) is 0.606. The number of carbonyl (C=O) groups excluding carboxylic acids is 2. The molecule has 3 atom stereocenters. The van der Waals surface area contributed by atoms with E-state index in [1.807, 2.05) is 0 Å². The lowest BCUT2D eigenvalue weighted by molar-refractivity contribution is -0.148. The summed E-state index contributed by atoms with van der Waals surface area (Å²) in [5.41, 5.74) is 0. The number of hydrogen-bond donors (Lipinski definition) is 1. The number of amides is 1. The average Bonchev–Trinajstić information content (AvgIpc) is 2.42. The lowest BCUT2D eigenvalue weighted by Crippen LogP contribution is -2.47. The summed E-state index contributed by atoms with van der Waals surface area (Å²) in [6.07, 6.45) is 0.900. The normalized spacial score (nSPS) is 35.2. The minimum Gasteiger partial charge on any atom is -0.460 e. The van der Waals surface area contributed by atoms with Crippen LogP contribution in [0.2, 0.25) is 0 Å². The van der Waals surface area contributed by atoms with E-state index >= 15 is 0 Å². The van der Waals surface area contributed by atoms with Crippen molar-refractivity contribution in [1.29, 1.82) is 0 Å². The van der Waals surface area contributed by atoms with Crippen molar-refractivity contribution < 1.29 is 19.4 Å². The molecule has 2 fully saturated rings. The first-order valence-corrected chi connectivity index (χ1v) is 5.22. The maximum absolute atomic E-state index is 11.6. The Morgan fingerprint density at radius 2 is 2.27 bits per heavy atom. The van der Waals surface area contributed by atoms with Crippen LogP contribution in [0.15, 0.2) is 0 Å². The van der Waals surface area contributed by atoms with Gasteiger partial charge in [-0.1, -0.05) is 0 Å². The molecule has 5 nitrogen and oxygen atoms in total. The molecule has 1 N–H and O–H groups in total. The van der Waals surface area contributed by atoms with Gasteiger partial charge in [0.25, 0.3) is 0 Å². The molecule has 0 spiro atoms. The van der Waals surface area contributed by atoms with Gasteiger partial charge >= 0.3 is 5.97 Å². The zero-order valence-corrected chi connectivity index (χ0v) is 8.68. The summed E-state index contributed by atoms with van der Waals surface area (Å²) in [6.45, 7) is 1.73. The highest BCUT2D eigenvalue weighted by atomic mass is 16.5. The Bertz CT molecular complexity index is 291. The SMILES string of the molecule is CC(=O)O[C@H]1CC(=O)N2C[C@@H](O)CC[C@@H]12. The van der Waals surface area contributed by atoms with Crippen LogP contribution in [0.25, 0.3) is 0 Å². The van der Waals surface area contributed by atoms with Crippen molar-refractivity contribution in [2.45, 2.75) is 44.4 Å². The van der Waals surface area contributed by atoms with Crippen molar-refractivity contribution in [3.05, 3.63) is 0 Å². The van der Waals surface area contributed by atoms with Gasteiger partial charge < -0.3 is 14.7 Å². The number of aliphatic hydroxyl groups is 1. The van der Waals surface area contributed by atoms with Gasteiger partial charge in [0.1, 0.15) is 6.10 Å². The number of esters is 1. The number of ether oxygens (including phenoxy) is 1. The highest BCUT2D eigenvalue weighted by Crippen LogP contribution is 2.30. The van der Waals surface area contributed by atoms with Gasteiger partial charge in [0.2, 0.25) is 5.91 Å². The maximum atomic E-state index is 11.6. The molecule has 2 aliphatic rings. The highest BCUT2D eigenvalue weighted by Gasteiger charge is 2.44. The van der Waals surface area contributed by atoms with E-state index in [0.717, 1.165) is 0 Å². The first-order valence-electron chi connectivity index (χ1n) is 5.22. The summed E-state index contributed by atoms with van der Waals surface area (Å²) < 4.78 is 5.10. The molecule has 2 heterocycles. The Morgan fingerprint density at radius 1 is 1.53 bits per heavy atom. The van der Waals surface area contributed by atoms with Crippen molar-refractivity contribution >= 4 is 11.9 Å². The molecule has 0 aromatic heterocycles. The Hall–Kier alpha value is -1.10. The van der Waals surface area contributed by atoms with Gasteiger partial charge in [-0.15, -0.1) is 0 Å². The van der Waals surface area contributed by atoms with Crippen molar-refractivity contribution in [2.75, 3.05) is 6.54 Å². The van der Waals surface area contributed by atoms with Crippen LogP contribution in [0.1, 0.15) is 26.2 Å². The molecule has 0 aromatic rings. The summed E-state index contributed by atoms with van der Waals surface area (Å²) in [5, 5.41) is 9.44. The van der Waals surface area contributed by atoms with Gasteiger partial charge in [-0.2, -0.15) is 0 Å². The van der Waals surface area contributed by atoms with Crippen LogP contribution in [0.4, 0.5) is 0 Å². The van der Waals surface area contributed by atoms with Crippen LogP contribution in [-0.2, 0) is 14.3 Å². The fourth-order valence-corrected chi connectivity index (χ4v) is 2.40. The smallest absolute Gasteiger partial charge is 0.302 e. The molecule has 0 bridgehead atoms. The number of nitrogens with zero attached hydrogens (tertiary/aromatic N) is 1. The van der Waals surface area contributed by atoms with Gasteiger partial charge in [0.15, 0.2) is 0 Å². The van der Waals surface area contributed by atoms with E-state index in [-0.39, 0.29) is 30.4 Å². The summed E-state index contributed by atoms with van der Waals surface area (Å²) in [7, 11) is 0. The van der Waals surface area contributed by atoms with Crippen molar-refractivity contribution in [2.24, 2.45) is 0 Å². The van der Waals surface area contributed by atoms with Gasteiger partial charge in [-0.3, -0.25) is 9.59 Å². The van der Waals surface area contributed by atoms with Gasteiger partial charge in [0.05, 0.1) is 18.6 Å². The van der Waals surface area contributed by atoms with Gasteiger partial charge in [0, 0.05) is 13.5 Å². The largest absolute Gasteiger partial charge is 0.460 e. The Balaban J connectivity index is 2.06. The monoisotopic (exact) mass is 213 g/mol. The first kappa shape index (κ1) is 10.4. The number of fused-ring (bicyclic) bond motifs is 1. The molecule has 2 saturated heterocycles. The molecular formula is C10H15NO4. The van der Waals surface area contributed by atoms with E-state index in [1.165, 1.54) is 6.92 Å². The third-order valence-corrected chi connectivity index (χ3v) is 3.05. The van der Waals surface area contributed by atoms with Gasteiger partial charge in [-0.25, -0.2) is 0 Å². The van der Waals surface area contributed by atoms with Gasteiger partial charge in [-0.05, 0) is 12.8 Å². The molecule has 2 aliphatic heterocycles. The zero-order chi connectivity index (χ0) is 11.0. The Labute approximate surface area is 88.0 Å². The third kappa shape index (κ3) is 1.97. The molecule has 0 unspecified atom stereocenters. The summed E-state index contributed by atoms with van der Waals surface area (Å²) in [4.78, 5) is 24.1. The molecule has 0 aromatic carbocycles. The van der Waals surface area contributed by atoms with Crippen LogP contribution in [0.5, 0.6) is 0 Å². The Morgan fingerprint density at radius 3 is 2.93 bits per heavy atom. The van der Waals surface area contributed by atoms with Crippen LogP contribution in [0, 0.1) is 0 Å². The standard InChI is InChI=1S/C10H15NO4/c1-6(12)15-9-4-10(14)11-5-7(13)2-3-8(9)11/h7-9,13H,2-5H2,1H3/t7-,8-,9-/m0/s1. The fraction of sp³-hybridized carbons (Fsp3) is 0.800. The topological polar surface area (TPSA) is 66.8 Å². The number of carbonyl (C=O) groups is 2. The molecule has 1 amide bonds. The Kier molecular flexibility index (Phi) is 2.65. The summed E-state index contributed by atoms with van der Waals surface area (Å²) >= 11 is 0. The number of piperidine rings is 1.